The molecule has 5 rings (SSSR count). The van der Waals surface area contributed by atoms with E-state index >= 15 is 0 Å². The highest BCUT2D eigenvalue weighted by atomic mass is 19.1. The number of hydrogen-bond donors (Lipinski definition) is 2. The van der Waals surface area contributed by atoms with Gasteiger partial charge in [-0.2, -0.15) is 0 Å². The highest BCUT2D eigenvalue weighted by molar-refractivity contribution is 5.69. The number of pyridine rings is 2. The minimum Gasteiger partial charge on any atom is -0.513 e. The van der Waals surface area contributed by atoms with E-state index in [1.807, 2.05) is 24.4 Å². The summed E-state index contributed by atoms with van der Waals surface area (Å²) in [5.41, 5.74) is 5.81. The van der Waals surface area contributed by atoms with Crippen LogP contribution < -0.4 is 9.47 Å². The number of hydrogen-bond acceptors (Lipinski definition) is 6. The second-order valence-electron chi connectivity index (χ2n) is 11.3. The Kier molecular flexibility index (Phi) is 7.79. The van der Waals surface area contributed by atoms with Crippen LogP contribution in [0.1, 0.15) is 55.9 Å². The molecule has 6 nitrogen and oxygen atoms in total. The van der Waals surface area contributed by atoms with Crippen LogP contribution >= 0.6 is 0 Å². The number of nitrogens with zero attached hydrogens (tertiary/aromatic N) is 2. The van der Waals surface area contributed by atoms with Crippen LogP contribution in [0.4, 0.5) is 4.39 Å². The molecule has 0 saturated heterocycles. The van der Waals surface area contributed by atoms with Crippen molar-refractivity contribution < 1.29 is 24.1 Å². The highest BCUT2D eigenvalue weighted by Crippen LogP contribution is 2.63. The molecule has 2 aliphatic rings. The molecule has 38 heavy (non-hydrogen) atoms. The topological polar surface area (TPSA) is 84.7 Å². The van der Waals surface area contributed by atoms with E-state index in [4.69, 9.17) is 14.6 Å². The summed E-state index contributed by atoms with van der Waals surface area (Å²) in [6, 6.07) is 9.69. The highest BCUT2D eigenvalue weighted by Gasteiger charge is 2.59. The normalized spacial score (nSPS) is 19.4. The minimum absolute atomic E-state index is 0.000582. The summed E-state index contributed by atoms with van der Waals surface area (Å²) in [5, 5.41) is 16.9. The molecule has 1 saturated carbocycles. The first kappa shape index (κ1) is 27.6. The lowest BCUT2D eigenvalue weighted by molar-refractivity contribution is 0.293. The van der Waals surface area contributed by atoms with Gasteiger partial charge < -0.3 is 19.7 Å². The van der Waals surface area contributed by atoms with Crippen molar-refractivity contribution in [2.75, 3.05) is 14.2 Å². The second-order valence-corrected chi connectivity index (χ2v) is 11.3. The van der Waals surface area contributed by atoms with Gasteiger partial charge in [0.1, 0.15) is 12.4 Å². The molecule has 0 bridgehead atoms. The van der Waals surface area contributed by atoms with E-state index in [2.05, 4.69) is 43.4 Å². The van der Waals surface area contributed by atoms with Crippen molar-refractivity contribution >= 4 is 0 Å². The number of aliphatic hydroxyl groups excluding tert-OH is 2. The maximum atomic E-state index is 14.8. The van der Waals surface area contributed by atoms with Gasteiger partial charge in [-0.3, -0.25) is 0 Å². The average molecular weight is 521 g/mol. The Balaban J connectivity index is 0.00000164. The Labute approximate surface area is 224 Å². The quantitative estimate of drug-likeness (QED) is 0.354. The van der Waals surface area contributed by atoms with E-state index in [1.165, 1.54) is 24.4 Å². The van der Waals surface area contributed by atoms with E-state index in [-0.39, 0.29) is 28.3 Å². The van der Waals surface area contributed by atoms with Gasteiger partial charge in [0.2, 0.25) is 11.8 Å². The number of benzene rings is 1. The molecule has 0 radical (unpaired) electrons. The van der Waals surface area contributed by atoms with Crippen LogP contribution in [0.5, 0.6) is 11.8 Å². The van der Waals surface area contributed by atoms with E-state index in [9.17, 15) is 9.50 Å². The van der Waals surface area contributed by atoms with E-state index < -0.39 is 0 Å². The van der Waals surface area contributed by atoms with Crippen molar-refractivity contribution in [2.24, 2.45) is 11.3 Å². The van der Waals surface area contributed by atoms with Gasteiger partial charge in [0.15, 0.2) is 0 Å². The monoisotopic (exact) mass is 520 g/mol. The van der Waals surface area contributed by atoms with E-state index in [1.54, 1.807) is 6.07 Å². The lowest BCUT2D eigenvalue weighted by Gasteiger charge is -2.22. The van der Waals surface area contributed by atoms with Crippen molar-refractivity contribution in [3.63, 3.8) is 0 Å². The van der Waals surface area contributed by atoms with Crippen LogP contribution in [0.2, 0.25) is 0 Å². The standard InChI is InChI=1S/C30H33FN2O3.CH4O/c1-18(34)25-14-30(25)9-8-20-15-32-28(12-24(20)30)36-17-19-6-7-22(21(10-19)13-29(2,3)4)23-11-27(35-5)33-16-26(23)31;1-2/h6-7,10-12,15-16,25,34H,1,8-9,13-14,17H2,2-5H3;2H,1H3. The molecule has 2 aliphatic carbocycles. The molecule has 1 spiro atoms. The maximum Gasteiger partial charge on any atom is 0.213 e. The maximum absolute atomic E-state index is 14.8. The number of rotatable bonds is 7. The fraction of sp³-hybridized carbons (Fsp3) is 0.419. The van der Waals surface area contributed by atoms with Gasteiger partial charge in [0.05, 0.1) is 19.1 Å². The number of aliphatic hydroxyl groups is 2. The van der Waals surface area contributed by atoms with Crippen molar-refractivity contribution in [3.8, 4) is 22.9 Å². The van der Waals surface area contributed by atoms with Crippen molar-refractivity contribution in [2.45, 2.75) is 58.5 Å². The van der Waals surface area contributed by atoms with E-state index in [0.717, 1.165) is 49.5 Å². The number of ether oxygens (including phenoxy) is 2. The van der Waals surface area contributed by atoms with Crippen LogP contribution in [-0.4, -0.2) is 34.4 Å². The Hall–Kier alpha value is -3.45. The van der Waals surface area contributed by atoms with Crippen LogP contribution in [0.15, 0.2) is 55.1 Å². The van der Waals surface area contributed by atoms with Gasteiger partial charge in [-0.15, -0.1) is 0 Å². The van der Waals surface area contributed by atoms with E-state index in [0.29, 0.717) is 23.9 Å². The molecule has 3 aromatic rings. The molecule has 1 fully saturated rings. The molecule has 2 atom stereocenters. The zero-order chi connectivity index (χ0) is 27.7. The van der Waals surface area contributed by atoms with Crippen molar-refractivity contribution in [1.82, 2.24) is 9.97 Å². The van der Waals surface area contributed by atoms with Gasteiger partial charge in [0.25, 0.3) is 0 Å². The van der Waals surface area contributed by atoms with Gasteiger partial charge in [-0.05, 0) is 58.9 Å². The number of aromatic nitrogens is 2. The zero-order valence-electron chi connectivity index (χ0n) is 22.8. The third-order valence-electron chi connectivity index (χ3n) is 7.42. The second kappa shape index (κ2) is 10.7. The predicted molar refractivity (Wildman–Crippen MR) is 146 cm³/mol. The third kappa shape index (κ3) is 5.53. The smallest absolute Gasteiger partial charge is 0.213 e. The van der Waals surface area contributed by atoms with Crippen molar-refractivity contribution in [3.05, 3.63) is 83.1 Å². The van der Waals surface area contributed by atoms with Gasteiger partial charge in [-0.1, -0.05) is 45.5 Å². The molecule has 2 aromatic heterocycles. The number of fused-ring (bicyclic) bond motifs is 2. The molecule has 1 aromatic carbocycles. The zero-order valence-corrected chi connectivity index (χ0v) is 22.8. The van der Waals surface area contributed by atoms with Gasteiger partial charge in [0, 0.05) is 42.3 Å². The number of allylic oxidation sites excluding steroid dienone is 1. The average Bonchev–Trinajstić information content (AvgIpc) is 3.53. The fourth-order valence-electron chi connectivity index (χ4n) is 5.63. The number of halogens is 1. The van der Waals surface area contributed by atoms with Crippen LogP contribution in [0.3, 0.4) is 0 Å². The van der Waals surface area contributed by atoms with Crippen LogP contribution in [0, 0.1) is 17.2 Å². The summed E-state index contributed by atoms with van der Waals surface area (Å²) in [6.45, 7) is 10.6. The summed E-state index contributed by atoms with van der Waals surface area (Å²) in [7, 11) is 2.53. The first-order valence-electron chi connectivity index (χ1n) is 12.9. The minimum atomic E-state index is -0.379. The first-order valence-corrected chi connectivity index (χ1v) is 12.9. The first-order chi connectivity index (χ1) is 18.1. The Morgan fingerprint density at radius 2 is 1.84 bits per heavy atom. The molecular weight excluding hydrogens is 483 g/mol. The largest absolute Gasteiger partial charge is 0.513 e. The number of aryl methyl sites for hydroxylation is 1. The lowest BCUT2D eigenvalue weighted by atomic mass is 9.84. The predicted octanol–water partition coefficient (Wildman–Crippen LogP) is 6.34. The SMILES string of the molecule is C=C(O)C1CC12CCc1cnc(OCc3ccc(-c4cc(OC)ncc4F)c(CC(C)(C)C)c3)cc12.CO. The van der Waals surface area contributed by atoms with Crippen molar-refractivity contribution in [1.29, 1.82) is 0 Å². The molecule has 202 valence electrons. The molecule has 2 N–H and O–H groups in total. The molecule has 0 amide bonds. The van der Waals surface area contributed by atoms with Crippen LogP contribution in [-0.2, 0) is 24.9 Å². The third-order valence-corrected chi connectivity index (χ3v) is 7.42. The Morgan fingerprint density at radius 3 is 2.50 bits per heavy atom. The summed E-state index contributed by atoms with van der Waals surface area (Å²) < 4.78 is 26.1. The Morgan fingerprint density at radius 1 is 1.11 bits per heavy atom. The molecular formula is C31H37FN2O4. The van der Waals surface area contributed by atoms with Crippen LogP contribution in [0.25, 0.3) is 11.1 Å². The molecule has 2 heterocycles. The fourth-order valence-corrected chi connectivity index (χ4v) is 5.63. The van der Waals surface area contributed by atoms with Gasteiger partial charge in [-0.25, -0.2) is 14.4 Å². The summed E-state index contributed by atoms with van der Waals surface area (Å²) in [5.74, 6) is 0.986. The summed E-state index contributed by atoms with van der Waals surface area (Å²) >= 11 is 0. The van der Waals surface area contributed by atoms with Gasteiger partial charge >= 0.3 is 0 Å². The summed E-state index contributed by atoms with van der Waals surface area (Å²) in [4.78, 5) is 8.51. The lowest BCUT2D eigenvalue weighted by Crippen LogP contribution is -2.11. The summed E-state index contributed by atoms with van der Waals surface area (Å²) in [6.07, 6.45) is 6.81. The molecule has 2 unspecified atom stereocenters. The molecule has 0 aliphatic heterocycles. The molecule has 7 heteroatoms. The number of methoxy groups -OCH3 is 1. The Bertz CT molecular complexity index is 1330.